The molecule has 1 saturated heterocycles. The summed E-state index contributed by atoms with van der Waals surface area (Å²) in [6.45, 7) is 2.79. The molecule has 2 N–H and O–H groups in total. The van der Waals surface area contributed by atoms with E-state index >= 15 is 0 Å². The molecule has 1 aromatic rings. The van der Waals surface area contributed by atoms with E-state index in [-0.39, 0.29) is 4.90 Å². The molecule has 1 heterocycles. The lowest BCUT2D eigenvalue weighted by molar-refractivity contribution is 0.425. The van der Waals surface area contributed by atoms with E-state index in [1.807, 2.05) is 0 Å². The second-order valence-electron chi connectivity index (χ2n) is 4.50. The maximum absolute atomic E-state index is 12.3. The second-order valence-corrected chi connectivity index (χ2v) is 6.44. The molecule has 7 heteroatoms. The molecule has 0 atom stereocenters. The van der Waals surface area contributed by atoms with Gasteiger partial charge in [-0.05, 0) is 37.4 Å². The van der Waals surface area contributed by atoms with E-state index in [4.69, 9.17) is 10.0 Å². The molecule has 98 valence electrons. The van der Waals surface area contributed by atoms with Crippen LogP contribution in [0.3, 0.4) is 0 Å². The van der Waals surface area contributed by atoms with Crippen molar-refractivity contribution in [3.05, 3.63) is 23.8 Å². The van der Waals surface area contributed by atoms with E-state index in [1.54, 1.807) is 6.92 Å². The topological polar surface area (TPSA) is 77.8 Å². The summed E-state index contributed by atoms with van der Waals surface area (Å²) in [4.78, 5) is 0.214. The van der Waals surface area contributed by atoms with E-state index in [0.29, 0.717) is 24.1 Å². The van der Waals surface area contributed by atoms with Crippen molar-refractivity contribution in [3.63, 3.8) is 0 Å². The first-order valence-corrected chi connectivity index (χ1v) is 7.34. The van der Waals surface area contributed by atoms with Crippen LogP contribution in [0, 0.1) is 6.92 Å². The van der Waals surface area contributed by atoms with Gasteiger partial charge in [0.1, 0.15) is 0 Å². The molecular formula is C11H16BNO4S. The lowest BCUT2D eigenvalue weighted by atomic mass is 9.77. The zero-order valence-electron chi connectivity index (χ0n) is 10.2. The number of hydrogen-bond acceptors (Lipinski definition) is 4. The Morgan fingerprint density at radius 2 is 1.83 bits per heavy atom. The zero-order chi connectivity index (χ0) is 13.3. The van der Waals surface area contributed by atoms with Crippen LogP contribution in [0.5, 0.6) is 0 Å². The van der Waals surface area contributed by atoms with Crippen molar-refractivity contribution in [1.82, 2.24) is 4.31 Å². The summed E-state index contributed by atoms with van der Waals surface area (Å²) >= 11 is 0. The summed E-state index contributed by atoms with van der Waals surface area (Å²) in [6, 6.07) is 4.36. The molecule has 0 saturated carbocycles. The van der Waals surface area contributed by atoms with E-state index in [1.165, 1.54) is 22.5 Å². The van der Waals surface area contributed by atoms with Crippen molar-refractivity contribution in [2.24, 2.45) is 0 Å². The average Bonchev–Trinajstić information content (AvgIpc) is 2.82. The molecule has 1 aromatic carbocycles. The molecule has 0 bridgehead atoms. The molecule has 0 radical (unpaired) electrons. The Labute approximate surface area is 107 Å². The van der Waals surface area contributed by atoms with Crippen molar-refractivity contribution in [3.8, 4) is 0 Å². The predicted molar refractivity (Wildman–Crippen MR) is 69.0 cm³/mol. The van der Waals surface area contributed by atoms with Gasteiger partial charge in [-0.1, -0.05) is 11.6 Å². The molecule has 0 amide bonds. The molecule has 2 rings (SSSR count). The van der Waals surface area contributed by atoms with Crippen molar-refractivity contribution in [2.75, 3.05) is 13.1 Å². The standard InChI is InChI=1S/C11H16BNO4S/c1-9-8-10(4-5-11(9)12(14)15)18(16,17)13-6-2-3-7-13/h4-5,8,14-15H,2-3,6-7H2,1H3. The second kappa shape index (κ2) is 5.01. The molecule has 0 unspecified atom stereocenters. The summed E-state index contributed by atoms with van der Waals surface area (Å²) < 4.78 is 26.0. The summed E-state index contributed by atoms with van der Waals surface area (Å²) in [5.41, 5.74) is 0.889. The monoisotopic (exact) mass is 269 g/mol. The number of hydrogen-bond donors (Lipinski definition) is 2. The van der Waals surface area contributed by atoms with Crippen LogP contribution < -0.4 is 5.46 Å². The molecule has 1 aliphatic rings. The molecule has 1 aliphatic heterocycles. The van der Waals surface area contributed by atoms with Gasteiger partial charge >= 0.3 is 7.12 Å². The van der Waals surface area contributed by atoms with Crippen LogP contribution >= 0.6 is 0 Å². The summed E-state index contributed by atoms with van der Waals surface area (Å²) in [6.07, 6.45) is 1.79. The highest BCUT2D eigenvalue weighted by Crippen LogP contribution is 2.20. The Morgan fingerprint density at radius 3 is 2.33 bits per heavy atom. The van der Waals surface area contributed by atoms with Gasteiger partial charge in [-0.15, -0.1) is 0 Å². The maximum Gasteiger partial charge on any atom is 0.488 e. The fourth-order valence-corrected chi connectivity index (χ4v) is 3.78. The first-order valence-electron chi connectivity index (χ1n) is 5.90. The van der Waals surface area contributed by atoms with Gasteiger partial charge < -0.3 is 10.0 Å². The van der Waals surface area contributed by atoms with Gasteiger partial charge in [0.15, 0.2) is 0 Å². The van der Waals surface area contributed by atoms with Gasteiger partial charge in [0.25, 0.3) is 0 Å². The molecule has 1 fully saturated rings. The Hall–Kier alpha value is -0.885. The minimum atomic E-state index is -3.43. The normalized spacial score (nSPS) is 17.1. The van der Waals surface area contributed by atoms with Crippen molar-refractivity contribution in [1.29, 1.82) is 0 Å². The highest BCUT2D eigenvalue weighted by atomic mass is 32.2. The Bertz CT molecular complexity index is 538. The number of benzene rings is 1. The fourth-order valence-electron chi connectivity index (χ4n) is 2.18. The van der Waals surface area contributed by atoms with Crippen LogP contribution in [0.25, 0.3) is 0 Å². The number of sulfonamides is 1. The zero-order valence-corrected chi connectivity index (χ0v) is 11.0. The van der Waals surface area contributed by atoms with E-state index < -0.39 is 17.1 Å². The van der Waals surface area contributed by atoms with Crippen LogP contribution in [0.15, 0.2) is 23.1 Å². The molecule has 0 spiro atoms. The molecule has 5 nitrogen and oxygen atoms in total. The lowest BCUT2D eigenvalue weighted by Crippen LogP contribution is -2.33. The molecule has 0 aromatic heterocycles. The van der Waals surface area contributed by atoms with Crippen LogP contribution in [0.1, 0.15) is 18.4 Å². The fraction of sp³-hybridized carbons (Fsp3) is 0.455. The minimum Gasteiger partial charge on any atom is -0.423 e. The van der Waals surface area contributed by atoms with E-state index in [2.05, 4.69) is 0 Å². The van der Waals surface area contributed by atoms with Gasteiger partial charge in [0.05, 0.1) is 4.90 Å². The third kappa shape index (κ3) is 2.44. The van der Waals surface area contributed by atoms with Crippen LogP contribution in [-0.4, -0.2) is 43.0 Å². The van der Waals surface area contributed by atoms with E-state index in [0.717, 1.165) is 12.8 Å². The number of nitrogens with zero attached hydrogens (tertiary/aromatic N) is 1. The average molecular weight is 269 g/mol. The van der Waals surface area contributed by atoms with Crippen LogP contribution in [0.4, 0.5) is 0 Å². The van der Waals surface area contributed by atoms with Crippen LogP contribution in [0.2, 0.25) is 0 Å². The first-order chi connectivity index (χ1) is 8.43. The largest absolute Gasteiger partial charge is 0.488 e. The smallest absolute Gasteiger partial charge is 0.423 e. The first kappa shape index (κ1) is 13.5. The van der Waals surface area contributed by atoms with Crippen molar-refractivity contribution < 1.29 is 18.5 Å². The minimum absolute atomic E-state index is 0.214. The highest BCUT2D eigenvalue weighted by Gasteiger charge is 2.28. The molecule has 18 heavy (non-hydrogen) atoms. The summed E-state index contributed by atoms with van der Waals surface area (Å²) in [7, 11) is -5.01. The SMILES string of the molecule is Cc1cc(S(=O)(=O)N2CCCC2)ccc1B(O)O. The van der Waals surface area contributed by atoms with Gasteiger partial charge in [0, 0.05) is 13.1 Å². The molecule has 0 aliphatic carbocycles. The Balaban J connectivity index is 2.37. The maximum atomic E-state index is 12.3. The summed E-state index contributed by atoms with van der Waals surface area (Å²) in [5, 5.41) is 18.2. The van der Waals surface area contributed by atoms with Gasteiger partial charge in [-0.25, -0.2) is 8.42 Å². The van der Waals surface area contributed by atoms with Gasteiger partial charge in [-0.2, -0.15) is 4.31 Å². The third-order valence-corrected chi connectivity index (χ3v) is 5.12. The number of rotatable bonds is 3. The predicted octanol–water partition coefficient (Wildman–Crippen LogP) is -0.541. The summed E-state index contributed by atoms with van der Waals surface area (Å²) in [5.74, 6) is 0. The van der Waals surface area contributed by atoms with Gasteiger partial charge in [-0.3, -0.25) is 0 Å². The highest BCUT2D eigenvalue weighted by molar-refractivity contribution is 7.89. The van der Waals surface area contributed by atoms with E-state index in [9.17, 15) is 8.42 Å². The third-order valence-electron chi connectivity index (χ3n) is 3.22. The quantitative estimate of drug-likeness (QED) is 0.722. The number of aryl methyl sites for hydroxylation is 1. The Morgan fingerprint density at radius 1 is 1.22 bits per heavy atom. The van der Waals surface area contributed by atoms with Crippen molar-refractivity contribution in [2.45, 2.75) is 24.7 Å². The molecular weight excluding hydrogens is 253 g/mol. The lowest BCUT2D eigenvalue weighted by Gasteiger charge is -2.16. The Kier molecular flexibility index (Phi) is 3.77. The van der Waals surface area contributed by atoms with Crippen LogP contribution in [-0.2, 0) is 10.0 Å². The van der Waals surface area contributed by atoms with Gasteiger partial charge in [0.2, 0.25) is 10.0 Å². The van der Waals surface area contributed by atoms with Crippen molar-refractivity contribution >= 4 is 22.6 Å².